The van der Waals surface area contributed by atoms with Crippen LogP contribution in [0, 0.1) is 0 Å². The van der Waals surface area contributed by atoms with Crippen LogP contribution in [0.2, 0.25) is 0 Å². The average molecular weight is 349 g/mol. The van der Waals surface area contributed by atoms with Crippen LogP contribution in [0.4, 0.5) is 5.69 Å². The van der Waals surface area contributed by atoms with E-state index in [-0.39, 0.29) is 10.8 Å². The van der Waals surface area contributed by atoms with Gasteiger partial charge in [-0.05, 0) is 36.4 Å². The van der Waals surface area contributed by atoms with Crippen molar-refractivity contribution in [1.82, 2.24) is 9.89 Å². The van der Waals surface area contributed by atoms with E-state index in [2.05, 4.69) is 5.43 Å². The molecule has 0 heterocycles. The molecule has 128 valence electrons. The number of hydroxylamine groups is 1. The summed E-state index contributed by atoms with van der Waals surface area (Å²) >= 11 is 0. The highest BCUT2D eigenvalue weighted by Crippen LogP contribution is 2.15. The van der Waals surface area contributed by atoms with Crippen molar-refractivity contribution in [3.8, 4) is 0 Å². The first-order valence-corrected chi connectivity index (χ1v) is 8.53. The molecule has 0 aliphatic heterocycles. The second-order valence-electron chi connectivity index (χ2n) is 4.96. The summed E-state index contributed by atoms with van der Waals surface area (Å²) in [6.07, 6.45) is 0. The lowest BCUT2D eigenvalue weighted by Gasteiger charge is -2.20. The molecule has 0 saturated heterocycles. The van der Waals surface area contributed by atoms with Crippen molar-refractivity contribution in [2.75, 3.05) is 26.2 Å². The van der Waals surface area contributed by atoms with Gasteiger partial charge in [0.25, 0.3) is 15.9 Å². The van der Waals surface area contributed by atoms with E-state index in [1.54, 1.807) is 12.1 Å². The van der Waals surface area contributed by atoms with Crippen LogP contribution in [-0.4, -0.2) is 40.0 Å². The predicted molar refractivity (Wildman–Crippen MR) is 90.7 cm³/mol. The van der Waals surface area contributed by atoms with Crippen LogP contribution >= 0.6 is 0 Å². The molecule has 1 N–H and O–H groups in total. The van der Waals surface area contributed by atoms with E-state index in [9.17, 15) is 13.2 Å². The first kappa shape index (κ1) is 17.9. The minimum Gasteiger partial charge on any atom is -0.288 e. The van der Waals surface area contributed by atoms with Crippen molar-refractivity contribution in [2.45, 2.75) is 4.90 Å². The van der Waals surface area contributed by atoms with Crippen LogP contribution in [0.3, 0.4) is 0 Å². The van der Waals surface area contributed by atoms with E-state index in [1.807, 2.05) is 30.3 Å². The van der Waals surface area contributed by atoms with E-state index in [0.717, 1.165) is 10.2 Å². The van der Waals surface area contributed by atoms with E-state index in [1.165, 1.54) is 38.4 Å². The summed E-state index contributed by atoms with van der Waals surface area (Å²) in [5.41, 5.74) is 3.88. The number of rotatable bonds is 6. The number of hydrazine groups is 1. The van der Waals surface area contributed by atoms with Gasteiger partial charge in [0.05, 0.1) is 17.7 Å². The molecule has 0 unspecified atom stereocenters. The summed E-state index contributed by atoms with van der Waals surface area (Å²) in [6, 6.07) is 15.0. The molecule has 0 spiro atoms. The molecule has 0 aromatic heterocycles. The monoisotopic (exact) mass is 349 g/mol. The molecular weight excluding hydrogens is 330 g/mol. The lowest BCUT2D eigenvalue weighted by Crippen LogP contribution is -2.39. The molecule has 2 aromatic rings. The highest BCUT2D eigenvalue weighted by atomic mass is 32.2. The largest absolute Gasteiger partial charge is 0.288 e. The van der Waals surface area contributed by atoms with Gasteiger partial charge in [-0.25, -0.2) is 8.42 Å². The van der Waals surface area contributed by atoms with Gasteiger partial charge < -0.3 is 0 Å². The van der Waals surface area contributed by atoms with Crippen molar-refractivity contribution >= 4 is 21.6 Å². The van der Waals surface area contributed by atoms with Gasteiger partial charge in [0.1, 0.15) is 0 Å². The predicted octanol–water partition coefficient (Wildman–Crippen LogP) is 1.65. The van der Waals surface area contributed by atoms with Crippen molar-refractivity contribution < 1.29 is 18.0 Å². The number of nitrogens with one attached hydrogen (secondary N) is 1. The van der Waals surface area contributed by atoms with Crippen molar-refractivity contribution in [3.05, 3.63) is 60.2 Å². The molecule has 24 heavy (non-hydrogen) atoms. The number of sulfonamides is 1. The quantitative estimate of drug-likeness (QED) is 0.802. The lowest BCUT2D eigenvalue weighted by molar-refractivity contribution is -0.0258. The third-order valence-corrected chi connectivity index (χ3v) is 5.12. The zero-order chi connectivity index (χ0) is 17.7. The Hall–Kier alpha value is -2.42. The maximum absolute atomic E-state index is 12.2. The number of benzene rings is 2. The van der Waals surface area contributed by atoms with E-state index < -0.39 is 10.0 Å². The number of anilines is 1. The molecule has 0 bridgehead atoms. The van der Waals surface area contributed by atoms with Crippen LogP contribution in [0.5, 0.6) is 0 Å². The van der Waals surface area contributed by atoms with E-state index >= 15 is 0 Å². The normalized spacial score (nSPS) is 11.3. The molecule has 0 radical (unpaired) electrons. The molecule has 0 atom stereocenters. The number of hydrogen-bond acceptors (Lipinski definition) is 5. The number of para-hydroxylation sites is 1. The van der Waals surface area contributed by atoms with Crippen LogP contribution in [0.25, 0.3) is 0 Å². The average Bonchev–Trinajstić information content (AvgIpc) is 2.61. The van der Waals surface area contributed by atoms with Crippen LogP contribution in [0.1, 0.15) is 10.4 Å². The summed E-state index contributed by atoms with van der Waals surface area (Å²) in [7, 11) is 0.552. The fourth-order valence-electron chi connectivity index (χ4n) is 1.96. The fourth-order valence-corrected chi connectivity index (χ4v) is 2.93. The Morgan fingerprint density at radius 3 is 2.12 bits per heavy atom. The van der Waals surface area contributed by atoms with Crippen molar-refractivity contribution in [1.29, 1.82) is 0 Å². The standard InChI is InChI=1S/C16H19N3O4S/c1-18(14-7-5-4-6-8-14)17-16(20)13-9-11-15(12-10-13)24(21,22)19(2)23-3/h4-12H,1-3H3,(H,17,20). The number of carbonyl (C=O) groups excluding carboxylic acids is 1. The Labute approximate surface area is 141 Å². The Balaban J connectivity index is 2.12. The second kappa shape index (κ2) is 7.43. The van der Waals surface area contributed by atoms with Gasteiger partial charge in [-0.15, -0.1) is 0 Å². The summed E-state index contributed by atoms with van der Waals surface area (Å²) in [4.78, 5) is 17.0. The molecular formula is C16H19N3O4S. The van der Waals surface area contributed by atoms with Gasteiger partial charge in [-0.1, -0.05) is 22.7 Å². The molecule has 7 nitrogen and oxygen atoms in total. The second-order valence-corrected chi connectivity index (χ2v) is 6.89. The van der Waals surface area contributed by atoms with Gasteiger partial charge in [-0.2, -0.15) is 0 Å². The Bertz CT molecular complexity index is 792. The molecule has 8 heteroatoms. The first-order chi connectivity index (χ1) is 11.4. The van der Waals surface area contributed by atoms with Crippen LogP contribution < -0.4 is 10.4 Å². The SMILES string of the molecule is CON(C)S(=O)(=O)c1ccc(C(=O)NN(C)c2ccccc2)cc1. The smallest absolute Gasteiger partial charge is 0.269 e. The molecule has 2 aromatic carbocycles. The fraction of sp³-hybridized carbons (Fsp3) is 0.188. The van der Waals surface area contributed by atoms with Crippen molar-refractivity contribution in [2.24, 2.45) is 0 Å². The van der Waals surface area contributed by atoms with E-state index in [0.29, 0.717) is 5.56 Å². The highest BCUT2D eigenvalue weighted by Gasteiger charge is 2.21. The zero-order valence-electron chi connectivity index (χ0n) is 13.6. The van der Waals surface area contributed by atoms with Crippen molar-refractivity contribution in [3.63, 3.8) is 0 Å². The topological polar surface area (TPSA) is 78.9 Å². The van der Waals surface area contributed by atoms with Gasteiger partial charge >= 0.3 is 0 Å². The van der Waals surface area contributed by atoms with E-state index in [4.69, 9.17) is 4.84 Å². The zero-order valence-corrected chi connectivity index (χ0v) is 14.4. The maximum Gasteiger partial charge on any atom is 0.269 e. The van der Waals surface area contributed by atoms with Gasteiger partial charge in [0.15, 0.2) is 0 Å². The number of hydrogen-bond donors (Lipinski definition) is 1. The summed E-state index contributed by atoms with van der Waals surface area (Å²) < 4.78 is 25.0. The maximum atomic E-state index is 12.2. The summed E-state index contributed by atoms with van der Waals surface area (Å²) in [5.74, 6) is -0.342. The summed E-state index contributed by atoms with van der Waals surface area (Å²) in [6.45, 7) is 0. The van der Waals surface area contributed by atoms with Gasteiger partial charge in [0, 0.05) is 19.7 Å². The molecule has 0 fully saturated rings. The van der Waals surface area contributed by atoms with Gasteiger partial charge in [0.2, 0.25) is 0 Å². The Morgan fingerprint density at radius 2 is 1.58 bits per heavy atom. The van der Waals surface area contributed by atoms with Crippen LogP contribution in [-0.2, 0) is 14.9 Å². The highest BCUT2D eigenvalue weighted by molar-refractivity contribution is 7.89. The van der Waals surface area contributed by atoms with Crippen LogP contribution in [0.15, 0.2) is 59.5 Å². The number of amides is 1. The molecule has 0 aliphatic carbocycles. The molecule has 1 amide bonds. The number of nitrogens with zero attached hydrogens (tertiary/aromatic N) is 2. The molecule has 0 aliphatic rings. The summed E-state index contributed by atoms with van der Waals surface area (Å²) in [5, 5.41) is 1.59. The minimum atomic E-state index is -3.73. The third kappa shape index (κ3) is 3.91. The molecule has 0 saturated carbocycles. The molecule has 2 rings (SSSR count). The Kier molecular flexibility index (Phi) is 5.55. The minimum absolute atomic E-state index is 0.0415. The van der Waals surface area contributed by atoms with Gasteiger partial charge in [-0.3, -0.25) is 20.1 Å². The Morgan fingerprint density at radius 1 is 1.00 bits per heavy atom. The first-order valence-electron chi connectivity index (χ1n) is 7.09. The number of carbonyl (C=O) groups is 1. The lowest BCUT2D eigenvalue weighted by atomic mass is 10.2. The third-order valence-electron chi connectivity index (χ3n) is 3.42.